The highest BCUT2D eigenvalue weighted by atomic mass is 16.3. The molecule has 0 heterocycles. The van der Waals surface area contributed by atoms with Crippen molar-refractivity contribution < 1.29 is 5.11 Å². The standard InChI is InChI=1S/C10H24N2O/c1-10(2)4-7-11-5-3-6-12-8-9-13/h10-13H,3-9H2,1-2H3. The summed E-state index contributed by atoms with van der Waals surface area (Å²) in [6.45, 7) is 8.62. The van der Waals surface area contributed by atoms with Gasteiger partial charge in [-0.1, -0.05) is 13.8 Å². The molecule has 0 spiro atoms. The lowest BCUT2D eigenvalue weighted by molar-refractivity contribution is 0.292. The average Bonchev–Trinajstić information content (AvgIpc) is 2.09. The Balaban J connectivity index is 2.84. The lowest BCUT2D eigenvalue weighted by Crippen LogP contribution is -2.24. The van der Waals surface area contributed by atoms with Crippen molar-refractivity contribution in [2.75, 3.05) is 32.8 Å². The van der Waals surface area contributed by atoms with Crippen LogP contribution in [0, 0.1) is 5.92 Å². The molecule has 0 saturated carbocycles. The first-order valence-corrected chi connectivity index (χ1v) is 5.29. The normalized spacial score (nSPS) is 11.1. The quantitative estimate of drug-likeness (QED) is 0.464. The Morgan fingerprint density at radius 2 is 1.62 bits per heavy atom. The molecular weight excluding hydrogens is 164 g/mol. The fourth-order valence-corrected chi connectivity index (χ4v) is 1.06. The molecule has 0 rings (SSSR count). The molecule has 3 nitrogen and oxygen atoms in total. The molecule has 0 radical (unpaired) electrons. The summed E-state index contributed by atoms with van der Waals surface area (Å²) < 4.78 is 0. The third kappa shape index (κ3) is 11.9. The van der Waals surface area contributed by atoms with Crippen molar-refractivity contribution in [3.63, 3.8) is 0 Å². The Bertz CT molecular complexity index is 96.9. The number of nitrogens with one attached hydrogen (secondary N) is 2. The highest BCUT2D eigenvalue weighted by Gasteiger charge is 1.92. The van der Waals surface area contributed by atoms with Crippen molar-refractivity contribution in [3.05, 3.63) is 0 Å². The minimum Gasteiger partial charge on any atom is -0.395 e. The van der Waals surface area contributed by atoms with Gasteiger partial charge in [0.1, 0.15) is 0 Å². The molecule has 0 saturated heterocycles. The summed E-state index contributed by atoms with van der Waals surface area (Å²) in [4.78, 5) is 0. The Kier molecular flexibility index (Phi) is 9.87. The van der Waals surface area contributed by atoms with Gasteiger partial charge in [0, 0.05) is 6.54 Å². The maximum absolute atomic E-state index is 8.49. The molecule has 80 valence electrons. The molecule has 0 aliphatic heterocycles. The molecule has 0 aliphatic carbocycles. The molecule has 3 heteroatoms. The molecule has 3 N–H and O–H groups in total. The van der Waals surface area contributed by atoms with Gasteiger partial charge in [-0.3, -0.25) is 0 Å². The molecule has 0 aromatic rings. The topological polar surface area (TPSA) is 44.3 Å². The summed E-state index contributed by atoms with van der Waals surface area (Å²) in [5.41, 5.74) is 0. The van der Waals surface area contributed by atoms with Crippen LogP contribution in [0.4, 0.5) is 0 Å². The largest absolute Gasteiger partial charge is 0.395 e. The molecule has 0 fully saturated rings. The van der Waals surface area contributed by atoms with Crippen LogP contribution in [0.2, 0.25) is 0 Å². The van der Waals surface area contributed by atoms with E-state index in [1.54, 1.807) is 0 Å². The van der Waals surface area contributed by atoms with E-state index in [9.17, 15) is 0 Å². The summed E-state index contributed by atoms with van der Waals surface area (Å²) in [6.07, 6.45) is 2.39. The number of hydrogen-bond donors (Lipinski definition) is 3. The van der Waals surface area contributed by atoms with Gasteiger partial charge in [0.15, 0.2) is 0 Å². The Morgan fingerprint density at radius 1 is 1.00 bits per heavy atom. The van der Waals surface area contributed by atoms with E-state index >= 15 is 0 Å². The predicted molar refractivity (Wildman–Crippen MR) is 56.9 cm³/mol. The Morgan fingerprint density at radius 3 is 2.15 bits per heavy atom. The second-order valence-corrected chi connectivity index (χ2v) is 3.76. The maximum Gasteiger partial charge on any atom is 0.0555 e. The number of aliphatic hydroxyl groups is 1. The first kappa shape index (κ1) is 12.9. The van der Waals surface area contributed by atoms with Crippen LogP contribution in [0.25, 0.3) is 0 Å². The number of hydrogen-bond acceptors (Lipinski definition) is 3. The highest BCUT2D eigenvalue weighted by molar-refractivity contribution is 4.53. The van der Waals surface area contributed by atoms with Crippen molar-refractivity contribution >= 4 is 0 Å². The van der Waals surface area contributed by atoms with Crippen molar-refractivity contribution in [1.82, 2.24) is 10.6 Å². The van der Waals surface area contributed by atoms with Crippen LogP contribution >= 0.6 is 0 Å². The van der Waals surface area contributed by atoms with E-state index in [-0.39, 0.29) is 6.61 Å². The van der Waals surface area contributed by atoms with E-state index in [1.807, 2.05) is 0 Å². The number of rotatable bonds is 9. The first-order chi connectivity index (χ1) is 6.27. The van der Waals surface area contributed by atoms with E-state index in [4.69, 9.17) is 5.11 Å². The van der Waals surface area contributed by atoms with Crippen molar-refractivity contribution in [2.24, 2.45) is 5.92 Å². The van der Waals surface area contributed by atoms with Crippen LogP contribution in [0.5, 0.6) is 0 Å². The number of aliphatic hydroxyl groups excluding tert-OH is 1. The van der Waals surface area contributed by atoms with E-state index in [0.717, 1.165) is 32.0 Å². The fourth-order valence-electron chi connectivity index (χ4n) is 1.06. The van der Waals surface area contributed by atoms with Crippen LogP contribution in [-0.2, 0) is 0 Å². The third-order valence-electron chi connectivity index (χ3n) is 1.89. The minimum atomic E-state index is 0.237. The van der Waals surface area contributed by atoms with E-state index in [1.165, 1.54) is 6.42 Å². The average molecular weight is 188 g/mol. The zero-order valence-electron chi connectivity index (χ0n) is 8.97. The first-order valence-electron chi connectivity index (χ1n) is 5.29. The van der Waals surface area contributed by atoms with Crippen LogP contribution in [0.1, 0.15) is 26.7 Å². The van der Waals surface area contributed by atoms with Gasteiger partial charge in [-0.15, -0.1) is 0 Å². The Hall–Kier alpha value is -0.120. The van der Waals surface area contributed by atoms with Gasteiger partial charge in [-0.05, 0) is 38.4 Å². The van der Waals surface area contributed by atoms with Gasteiger partial charge in [0.05, 0.1) is 6.61 Å². The van der Waals surface area contributed by atoms with Crippen molar-refractivity contribution in [2.45, 2.75) is 26.7 Å². The molecule has 0 aromatic heterocycles. The fraction of sp³-hybridized carbons (Fsp3) is 1.00. The van der Waals surface area contributed by atoms with E-state index < -0.39 is 0 Å². The van der Waals surface area contributed by atoms with Gasteiger partial charge in [0.2, 0.25) is 0 Å². The minimum absolute atomic E-state index is 0.237. The van der Waals surface area contributed by atoms with E-state index in [0.29, 0.717) is 6.54 Å². The highest BCUT2D eigenvalue weighted by Crippen LogP contribution is 1.95. The summed E-state index contributed by atoms with van der Waals surface area (Å²) in [5.74, 6) is 0.792. The monoisotopic (exact) mass is 188 g/mol. The molecule has 0 amide bonds. The lowest BCUT2D eigenvalue weighted by atomic mass is 10.1. The third-order valence-corrected chi connectivity index (χ3v) is 1.89. The van der Waals surface area contributed by atoms with Gasteiger partial charge < -0.3 is 15.7 Å². The summed E-state index contributed by atoms with van der Waals surface area (Å²) in [5, 5.41) is 15.0. The molecule has 0 aromatic carbocycles. The van der Waals surface area contributed by atoms with Gasteiger partial charge >= 0.3 is 0 Å². The van der Waals surface area contributed by atoms with Gasteiger partial charge in [-0.25, -0.2) is 0 Å². The second-order valence-electron chi connectivity index (χ2n) is 3.76. The van der Waals surface area contributed by atoms with Crippen LogP contribution in [-0.4, -0.2) is 37.9 Å². The zero-order valence-corrected chi connectivity index (χ0v) is 8.97. The summed E-state index contributed by atoms with van der Waals surface area (Å²) in [6, 6.07) is 0. The smallest absolute Gasteiger partial charge is 0.0555 e. The SMILES string of the molecule is CC(C)CCNCCCNCCO. The Labute approximate surface area is 81.9 Å². The zero-order chi connectivity index (χ0) is 9.94. The van der Waals surface area contributed by atoms with Gasteiger partial charge in [0.25, 0.3) is 0 Å². The lowest BCUT2D eigenvalue weighted by Gasteiger charge is -2.06. The molecular formula is C10H24N2O. The maximum atomic E-state index is 8.49. The van der Waals surface area contributed by atoms with E-state index in [2.05, 4.69) is 24.5 Å². The van der Waals surface area contributed by atoms with Crippen molar-refractivity contribution in [1.29, 1.82) is 0 Å². The van der Waals surface area contributed by atoms with Crippen LogP contribution in [0.3, 0.4) is 0 Å². The van der Waals surface area contributed by atoms with Crippen LogP contribution < -0.4 is 10.6 Å². The predicted octanol–water partition coefficient (Wildman–Crippen LogP) is 0.594. The molecule has 0 aliphatic rings. The molecule has 13 heavy (non-hydrogen) atoms. The van der Waals surface area contributed by atoms with Gasteiger partial charge in [-0.2, -0.15) is 0 Å². The van der Waals surface area contributed by atoms with Crippen molar-refractivity contribution in [3.8, 4) is 0 Å². The summed E-state index contributed by atoms with van der Waals surface area (Å²) in [7, 11) is 0. The molecule has 0 unspecified atom stereocenters. The molecule has 0 atom stereocenters. The summed E-state index contributed by atoms with van der Waals surface area (Å²) >= 11 is 0. The second kappa shape index (κ2) is 9.96. The molecule has 0 bridgehead atoms. The van der Waals surface area contributed by atoms with Crippen LogP contribution in [0.15, 0.2) is 0 Å².